The topological polar surface area (TPSA) is 29.1 Å². The molecule has 21 heavy (non-hydrogen) atoms. The molecule has 0 saturated heterocycles. The van der Waals surface area contributed by atoms with E-state index in [4.69, 9.17) is 23.2 Å². The van der Waals surface area contributed by atoms with Gasteiger partial charge in [-0.05, 0) is 42.7 Å². The van der Waals surface area contributed by atoms with Gasteiger partial charge in [0, 0.05) is 5.02 Å². The number of hydrogen-bond donors (Lipinski definition) is 1. The summed E-state index contributed by atoms with van der Waals surface area (Å²) in [5.41, 5.74) is 2.77. The molecule has 0 saturated carbocycles. The van der Waals surface area contributed by atoms with Crippen LogP contribution in [0.5, 0.6) is 0 Å². The standard InChI is InChI=1S/C17H17Cl2NO/c1-3-12-4-6-13(7-5-12)11(2)20-17(21)15-9-8-14(18)10-16(15)19/h4-11H,3H2,1-2H3,(H,20,21)/t11-/m1/s1. The molecule has 110 valence electrons. The van der Waals surface area contributed by atoms with Crippen molar-refractivity contribution in [3.05, 3.63) is 69.2 Å². The largest absolute Gasteiger partial charge is 0.345 e. The van der Waals surface area contributed by atoms with Crippen LogP contribution in [0.1, 0.15) is 41.4 Å². The molecule has 0 spiro atoms. The first-order chi connectivity index (χ1) is 10.0. The van der Waals surface area contributed by atoms with Gasteiger partial charge in [0.05, 0.1) is 16.6 Å². The second-order valence-electron chi connectivity index (χ2n) is 4.91. The molecule has 0 bridgehead atoms. The van der Waals surface area contributed by atoms with Crippen LogP contribution in [0, 0.1) is 0 Å². The number of carbonyl (C=O) groups is 1. The fraction of sp³-hybridized carbons (Fsp3) is 0.235. The van der Waals surface area contributed by atoms with Gasteiger partial charge in [0.15, 0.2) is 0 Å². The van der Waals surface area contributed by atoms with Gasteiger partial charge < -0.3 is 5.32 Å². The van der Waals surface area contributed by atoms with Gasteiger partial charge in [-0.1, -0.05) is 54.4 Å². The summed E-state index contributed by atoms with van der Waals surface area (Å²) >= 11 is 11.9. The molecule has 0 aliphatic rings. The summed E-state index contributed by atoms with van der Waals surface area (Å²) in [5, 5.41) is 3.81. The van der Waals surface area contributed by atoms with Crippen LogP contribution in [0.4, 0.5) is 0 Å². The first-order valence-corrected chi connectivity index (χ1v) is 7.61. The minimum atomic E-state index is -0.205. The summed E-state index contributed by atoms with van der Waals surface area (Å²) < 4.78 is 0. The van der Waals surface area contributed by atoms with Gasteiger partial charge in [-0.2, -0.15) is 0 Å². The lowest BCUT2D eigenvalue weighted by molar-refractivity contribution is 0.0940. The molecule has 0 aliphatic heterocycles. The second-order valence-corrected chi connectivity index (χ2v) is 5.76. The molecule has 0 fully saturated rings. The number of hydrogen-bond acceptors (Lipinski definition) is 1. The Hall–Kier alpha value is -1.51. The predicted octanol–water partition coefficient (Wildman–Crippen LogP) is 5.05. The molecule has 0 unspecified atom stereocenters. The van der Waals surface area contributed by atoms with E-state index in [0.29, 0.717) is 15.6 Å². The SMILES string of the molecule is CCc1ccc([C@@H](C)NC(=O)c2ccc(Cl)cc2Cl)cc1. The van der Waals surface area contributed by atoms with E-state index in [0.717, 1.165) is 12.0 Å². The van der Waals surface area contributed by atoms with Crippen LogP contribution in [0.15, 0.2) is 42.5 Å². The Balaban J connectivity index is 2.10. The maximum Gasteiger partial charge on any atom is 0.253 e. The maximum atomic E-state index is 12.2. The molecule has 0 radical (unpaired) electrons. The van der Waals surface area contributed by atoms with Gasteiger partial charge in [0.25, 0.3) is 5.91 Å². The van der Waals surface area contributed by atoms with Crippen molar-refractivity contribution in [1.29, 1.82) is 0 Å². The fourth-order valence-corrected chi connectivity index (χ4v) is 2.57. The molecule has 4 heteroatoms. The first-order valence-electron chi connectivity index (χ1n) is 6.86. The number of carbonyl (C=O) groups excluding carboxylic acids is 1. The minimum absolute atomic E-state index is 0.0878. The highest BCUT2D eigenvalue weighted by Gasteiger charge is 2.14. The summed E-state index contributed by atoms with van der Waals surface area (Å²) in [6, 6.07) is 13.0. The Bertz CT molecular complexity index is 638. The van der Waals surface area contributed by atoms with Crippen LogP contribution in [0.2, 0.25) is 10.0 Å². The smallest absolute Gasteiger partial charge is 0.253 e. The summed E-state index contributed by atoms with van der Waals surface area (Å²) in [4.78, 5) is 12.2. The number of benzene rings is 2. The molecule has 2 nitrogen and oxygen atoms in total. The van der Waals surface area contributed by atoms with Gasteiger partial charge in [0.2, 0.25) is 0 Å². The maximum absolute atomic E-state index is 12.2. The van der Waals surface area contributed by atoms with Crippen LogP contribution < -0.4 is 5.32 Å². The van der Waals surface area contributed by atoms with Crippen molar-refractivity contribution in [3.63, 3.8) is 0 Å². The molecule has 1 amide bonds. The Morgan fingerprint density at radius 1 is 1.14 bits per heavy atom. The van der Waals surface area contributed by atoms with Crippen molar-refractivity contribution in [1.82, 2.24) is 5.32 Å². The average molecular weight is 322 g/mol. The van der Waals surface area contributed by atoms with E-state index >= 15 is 0 Å². The summed E-state index contributed by atoms with van der Waals surface area (Å²) in [6.45, 7) is 4.06. The lowest BCUT2D eigenvalue weighted by Crippen LogP contribution is -2.26. The molecule has 0 aromatic heterocycles. The van der Waals surface area contributed by atoms with Crippen molar-refractivity contribution in [2.24, 2.45) is 0 Å². The van der Waals surface area contributed by atoms with E-state index in [1.54, 1.807) is 18.2 Å². The van der Waals surface area contributed by atoms with E-state index in [9.17, 15) is 4.79 Å². The second kappa shape index (κ2) is 6.97. The van der Waals surface area contributed by atoms with Crippen molar-refractivity contribution < 1.29 is 4.79 Å². The highest BCUT2D eigenvalue weighted by Crippen LogP contribution is 2.22. The van der Waals surface area contributed by atoms with Crippen molar-refractivity contribution in [2.75, 3.05) is 0 Å². The quantitative estimate of drug-likeness (QED) is 0.839. The Kier molecular flexibility index (Phi) is 5.27. The number of nitrogens with one attached hydrogen (secondary N) is 1. The van der Waals surface area contributed by atoms with E-state index in [1.807, 2.05) is 19.1 Å². The number of halogens is 2. The van der Waals surface area contributed by atoms with Gasteiger partial charge in [-0.15, -0.1) is 0 Å². The van der Waals surface area contributed by atoms with E-state index in [2.05, 4.69) is 24.4 Å². The van der Waals surface area contributed by atoms with Gasteiger partial charge in [-0.3, -0.25) is 4.79 Å². The highest BCUT2D eigenvalue weighted by atomic mass is 35.5. The molecule has 2 aromatic carbocycles. The zero-order chi connectivity index (χ0) is 15.4. The normalized spacial score (nSPS) is 12.0. The third-order valence-electron chi connectivity index (χ3n) is 3.41. The van der Waals surface area contributed by atoms with Crippen molar-refractivity contribution in [3.8, 4) is 0 Å². The molecular weight excluding hydrogens is 305 g/mol. The Morgan fingerprint density at radius 2 is 1.81 bits per heavy atom. The zero-order valence-electron chi connectivity index (χ0n) is 12.0. The molecule has 0 aliphatic carbocycles. The van der Waals surface area contributed by atoms with E-state index < -0.39 is 0 Å². The fourth-order valence-electron chi connectivity index (χ4n) is 2.07. The van der Waals surface area contributed by atoms with Gasteiger partial charge in [-0.25, -0.2) is 0 Å². The van der Waals surface area contributed by atoms with Gasteiger partial charge in [0.1, 0.15) is 0 Å². The third kappa shape index (κ3) is 3.99. The molecule has 1 N–H and O–H groups in total. The molecule has 1 atom stereocenters. The summed E-state index contributed by atoms with van der Waals surface area (Å²) in [6.07, 6.45) is 1.00. The van der Waals surface area contributed by atoms with E-state index in [-0.39, 0.29) is 11.9 Å². The number of aryl methyl sites for hydroxylation is 1. The summed E-state index contributed by atoms with van der Waals surface area (Å²) in [5.74, 6) is -0.205. The van der Waals surface area contributed by atoms with Crippen LogP contribution in [0.25, 0.3) is 0 Å². The molecule has 2 rings (SSSR count). The van der Waals surface area contributed by atoms with Gasteiger partial charge >= 0.3 is 0 Å². The third-order valence-corrected chi connectivity index (χ3v) is 3.96. The highest BCUT2D eigenvalue weighted by molar-refractivity contribution is 6.36. The molecule has 2 aromatic rings. The predicted molar refractivity (Wildman–Crippen MR) is 88.2 cm³/mol. The van der Waals surface area contributed by atoms with Crippen LogP contribution in [-0.2, 0) is 6.42 Å². The summed E-state index contributed by atoms with van der Waals surface area (Å²) in [7, 11) is 0. The minimum Gasteiger partial charge on any atom is -0.345 e. The van der Waals surface area contributed by atoms with Crippen molar-refractivity contribution in [2.45, 2.75) is 26.3 Å². The molecule has 0 heterocycles. The lowest BCUT2D eigenvalue weighted by Gasteiger charge is -2.15. The van der Waals surface area contributed by atoms with Crippen LogP contribution in [0.3, 0.4) is 0 Å². The van der Waals surface area contributed by atoms with Crippen molar-refractivity contribution >= 4 is 29.1 Å². The first kappa shape index (κ1) is 15.9. The van der Waals surface area contributed by atoms with Crippen LogP contribution >= 0.6 is 23.2 Å². The van der Waals surface area contributed by atoms with E-state index in [1.165, 1.54) is 5.56 Å². The Labute approximate surface area is 135 Å². The Morgan fingerprint density at radius 3 is 2.38 bits per heavy atom. The average Bonchev–Trinajstić information content (AvgIpc) is 2.47. The number of rotatable bonds is 4. The lowest BCUT2D eigenvalue weighted by atomic mass is 10.0. The number of amides is 1. The monoisotopic (exact) mass is 321 g/mol. The zero-order valence-corrected chi connectivity index (χ0v) is 13.5. The molecular formula is C17H17Cl2NO. The van der Waals surface area contributed by atoms with Crippen LogP contribution in [-0.4, -0.2) is 5.91 Å².